The molecule has 0 saturated carbocycles. The first kappa shape index (κ1) is 30.6. The van der Waals surface area contributed by atoms with E-state index in [9.17, 15) is 10.5 Å². The van der Waals surface area contributed by atoms with E-state index in [1.807, 2.05) is 54.6 Å². The fourth-order valence-corrected chi connectivity index (χ4v) is 9.10. The van der Waals surface area contributed by atoms with Crippen LogP contribution in [-0.2, 0) is 5.41 Å². The molecule has 2 aliphatic carbocycles. The fraction of sp³-hybridized carbons (Fsp3) is 0.0196. The second kappa shape index (κ2) is 11.9. The maximum Gasteiger partial charge on any atom is 0.100 e. The van der Waals surface area contributed by atoms with Gasteiger partial charge in [0.15, 0.2) is 0 Å². The minimum Gasteiger partial charge on any atom is -0.192 e. The summed E-state index contributed by atoms with van der Waals surface area (Å²) < 4.78 is 0. The van der Waals surface area contributed by atoms with Gasteiger partial charge in [-0.15, -0.1) is 0 Å². The van der Waals surface area contributed by atoms with Gasteiger partial charge in [-0.25, -0.2) is 0 Å². The molecule has 0 aliphatic heterocycles. The minimum atomic E-state index is -0.606. The van der Waals surface area contributed by atoms with E-state index in [2.05, 4.69) is 140 Å². The fourth-order valence-electron chi connectivity index (χ4n) is 9.10. The lowest BCUT2D eigenvalue weighted by atomic mass is 9.68. The van der Waals surface area contributed by atoms with E-state index in [1.165, 1.54) is 44.5 Å². The zero-order chi connectivity index (χ0) is 35.5. The highest BCUT2D eigenvalue weighted by atomic mass is 14.5. The van der Waals surface area contributed by atoms with Crippen LogP contribution in [0, 0.1) is 22.7 Å². The Balaban J connectivity index is 1.36. The van der Waals surface area contributed by atoms with E-state index in [4.69, 9.17) is 0 Å². The van der Waals surface area contributed by atoms with Crippen molar-refractivity contribution < 1.29 is 0 Å². The average Bonchev–Trinajstić information content (AvgIpc) is 3.71. The van der Waals surface area contributed by atoms with Crippen LogP contribution in [0.2, 0.25) is 0 Å². The topological polar surface area (TPSA) is 47.6 Å². The van der Waals surface area contributed by atoms with Crippen LogP contribution in [0.25, 0.3) is 66.8 Å². The molecule has 2 heteroatoms. The maximum absolute atomic E-state index is 10.7. The van der Waals surface area contributed by atoms with Crippen LogP contribution in [0.4, 0.5) is 0 Å². The lowest BCUT2D eigenvalue weighted by molar-refractivity contribution is 0.796. The predicted molar refractivity (Wildman–Crippen MR) is 214 cm³/mol. The molecule has 0 heterocycles. The van der Waals surface area contributed by atoms with E-state index < -0.39 is 5.41 Å². The van der Waals surface area contributed by atoms with Gasteiger partial charge in [0, 0.05) is 11.1 Å². The van der Waals surface area contributed by atoms with Gasteiger partial charge in [-0.05, 0) is 102 Å². The summed E-state index contributed by atoms with van der Waals surface area (Å²) in [4.78, 5) is 0. The summed E-state index contributed by atoms with van der Waals surface area (Å²) in [6, 6.07) is 69.0. The summed E-state index contributed by atoms with van der Waals surface area (Å²) in [5.74, 6) is 0. The molecule has 0 aromatic heterocycles. The van der Waals surface area contributed by atoms with Gasteiger partial charge in [0.1, 0.15) is 6.07 Å². The molecule has 10 rings (SSSR count). The quantitative estimate of drug-likeness (QED) is 0.187. The van der Waals surface area contributed by atoms with Crippen molar-refractivity contribution in [3.05, 3.63) is 215 Å². The van der Waals surface area contributed by atoms with E-state index in [0.29, 0.717) is 11.1 Å². The molecule has 0 amide bonds. The predicted octanol–water partition coefficient (Wildman–Crippen LogP) is 12.4. The Labute approximate surface area is 309 Å². The molecule has 0 N–H and O–H groups in total. The minimum absolute atomic E-state index is 0.606. The van der Waals surface area contributed by atoms with E-state index >= 15 is 0 Å². The third-order valence-corrected chi connectivity index (χ3v) is 11.2. The van der Waals surface area contributed by atoms with Gasteiger partial charge in [0.25, 0.3) is 0 Å². The largest absolute Gasteiger partial charge is 0.192 e. The highest BCUT2D eigenvalue weighted by Crippen LogP contribution is 2.65. The summed E-state index contributed by atoms with van der Waals surface area (Å²) in [6.07, 6.45) is 0. The van der Waals surface area contributed by atoms with Crippen LogP contribution in [0.1, 0.15) is 33.4 Å². The average molecular weight is 671 g/mol. The summed E-state index contributed by atoms with van der Waals surface area (Å²) in [7, 11) is 0. The van der Waals surface area contributed by atoms with Crippen LogP contribution >= 0.6 is 0 Å². The zero-order valence-corrected chi connectivity index (χ0v) is 28.7. The molecule has 244 valence electrons. The molecule has 53 heavy (non-hydrogen) atoms. The molecule has 0 unspecified atom stereocenters. The van der Waals surface area contributed by atoms with E-state index in [-0.39, 0.29) is 0 Å². The lowest BCUT2D eigenvalue weighted by Gasteiger charge is -2.32. The Bertz CT molecular complexity index is 2750. The number of hydrogen-bond acceptors (Lipinski definition) is 2. The molecule has 1 spiro atoms. The molecule has 2 aliphatic rings. The molecule has 0 fully saturated rings. The molecule has 0 atom stereocenters. The molecular formula is C51H30N2. The third-order valence-electron chi connectivity index (χ3n) is 11.2. The van der Waals surface area contributed by atoms with Gasteiger partial charge in [-0.1, -0.05) is 158 Å². The molecule has 8 aromatic rings. The highest BCUT2D eigenvalue weighted by Gasteiger charge is 2.53. The summed E-state index contributed by atoms with van der Waals surface area (Å²) in [5.41, 5.74) is 18.7. The monoisotopic (exact) mass is 670 g/mol. The van der Waals surface area contributed by atoms with Crippen molar-refractivity contribution in [2.75, 3.05) is 0 Å². The number of nitrogens with zero attached hydrogens (tertiary/aromatic N) is 2. The van der Waals surface area contributed by atoms with E-state index in [1.54, 1.807) is 0 Å². The maximum atomic E-state index is 10.7. The Morgan fingerprint density at radius 3 is 1.45 bits per heavy atom. The van der Waals surface area contributed by atoms with Gasteiger partial charge in [-0.2, -0.15) is 10.5 Å². The second-order valence-electron chi connectivity index (χ2n) is 13.8. The van der Waals surface area contributed by atoms with Crippen LogP contribution in [0.15, 0.2) is 182 Å². The summed E-state index contributed by atoms with van der Waals surface area (Å²) in [6.45, 7) is 0. The SMILES string of the molecule is N#Cc1cccc(-c2cccc3c2-c2cccc(-c4cc(-c5ccccc5)c(C#N)c(-c5ccccc5)c4)c2C32c3ccccc3-c3ccccc32)c1. The van der Waals surface area contributed by atoms with Gasteiger partial charge >= 0.3 is 0 Å². The molecule has 8 aromatic carbocycles. The highest BCUT2D eigenvalue weighted by molar-refractivity contribution is 6.03. The third kappa shape index (κ3) is 4.37. The smallest absolute Gasteiger partial charge is 0.100 e. The molecule has 0 saturated heterocycles. The summed E-state index contributed by atoms with van der Waals surface area (Å²) in [5, 5.41) is 20.6. The van der Waals surface area contributed by atoms with Crippen molar-refractivity contribution in [1.29, 1.82) is 10.5 Å². The number of hydrogen-bond donors (Lipinski definition) is 0. The van der Waals surface area contributed by atoms with Gasteiger partial charge < -0.3 is 0 Å². The lowest BCUT2D eigenvalue weighted by Crippen LogP contribution is -2.26. The van der Waals surface area contributed by atoms with Crippen molar-refractivity contribution >= 4 is 0 Å². The molecular weight excluding hydrogens is 641 g/mol. The summed E-state index contributed by atoms with van der Waals surface area (Å²) >= 11 is 0. The van der Waals surface area contributed by atoms with Crippen molar-refractivity contribution in [3.8, 4) is 78.9 Å². The van der Waals surface area contributed by atoms with Gasteiger partial charge in [-0.3, -0.25) is 0 Å². The van der Waals surface area contributed by atoms with Crippen LogP contribution in [0.5, 0.6) is 0 Å². The van der Waals surface area contributed by atoms with Crippen LogP contribution in [0.3, 0.4) is 0 Å². The van der Waals surface area contributed by atoms with Crippen LogP contribution in [-0.4, -0.2) is 0 Å². The van der Waals surface area contributed by atoms with Gasteiger partial charge in [0.05, 0.1) is 22.6 Å². The van der Waals surface area contributed by atoms with Gasteiger partial charge in [0.2, 0.25) is 0 Å². The Morgan fingerprint density at radius 2 is 0.830 bits per heavy atom. The van der Waals surface area contributed by atoms with Crippen molar-refractivity contribution in [3.63, 3.8) is 0 Å². The first-order valence-electron chi connectivity index (χ1n) is 17.9. The Hall–Kier alpha value is -7.26. The Morgan fingerprint density at radius 1 is 0.340 bits per heavy atom. The number of nitriles is 2. The van der Waals surface area contributed by atoms with Crippen LogP contribution < -0.4 is 0 Å². The number of fused-ring (bicyclic) bond motifs is 10. The standard InChI is InChI=1S/C51H30N2/c52-31-33-14-11-19-36(28-33)38-22-13-27-48-49(38)42-24-12-23-39(50(42)51(48)46-25-9-7-20-40(46)41-21-8-10-26-47(41)51)37-29-43(34-15-3-1-4-16-34)45(32-53)44(30-37)35-17-5-2-6-18-35/h1-30H. The number of rotatable bonds is 4. The first-order valence-corrected chi connectivity index (χ1v) is 17.9. The van der Waals surface area contributed by atoms with Crippen molar-refractivity contribution in [2.24, 2.45) is 0 Å². The molecule has 0 radical (unpaired) electrons. The Kier molecular flexibility index (Phi) is 6.87. The molecule has 0 bridgehead atoms. The zero-order valence-electron chi connectivity index (χ0n) is 28.7. The van der Waals surface area contributed by atoms with Crippen molar-refractivity contribution in [1.82, 2.24) is 0 Å². The number of benzene rings is 8. The molecule has 2 nitrogen and oxygen atoms in total. The second-order valence-corrected chi connectivity index (χ2v) is 13.8. The van der Waals surface area contributed by atoms with E-state index in [0.717, 1.165) is 44.5 Å². The van der Waals surface area contributed by atoms with Crippen molar-refractivity contribution in [2.45, 2.75) is 5.41 Å². The normalized spacial score (nSPS) is 12.6. The first-order chi connectivity index (χ1) is 26.2.